The molecule has 3 rings (SSSR count). The Morgan fingerprint density at radius 1 is 1.00 bits per heavy atom. The Morgan fingerprint density at radius 2 is 1.68 bits per heavy atom. The Morgan fingerprint density at radius 3 is 2.43 bits per heavy atom. The lowest BCUT2D eigenvalue weighted by Gasteiger charge is -2.27. The Labute approximate surface area is 173 Å². The van der Waals surface area contributed by atoms with E-state index in [0.29, 0.717) is 23.6 Å². The normalized spacial score (nSPS) is 17.8. The number of benzene rings is 1. The molecule has 1 heterocycles. The molecular formula is C22H31N3O2S. The molecule has 152 valence electrons. The average molecular weight is 402 g/mol. The van der Waals surface area contributed by atoms with Gasteiger partial charge < -0.3 is 15.5 Å². The lowest BCUT2D eigenvalue weighted by Crippen LogP contribution is -2.37. The van der Waals surface area contributed by atoms with E-state index in [0.717, 1.165) is 32.4 Å². The van der Waals surface area contributed by atoms with Crippen molar-refractivity contribution in [2.24, 2.45) is 5.92 Å². The Bertz CT molecular complexity index is 695. The van der Waals surface area contributed by atoms with Crippen molar-refractivity contribution in [1.29, 1.82) is 0 Å². The molecular weight excluding hydrogens is 370 g/mol. The molecule has 0 unspecified atom stereocenters. The Balaban J connectivity index is 1.52. The van der Waals surface area contributed by atoms with Gasteiger partial charge >= 0.3 is 0 Å². The average Bonchev–Trinajstić information content (AvgIpc) is 2.73. The number of nitrogens with zero attached hydrogens (tertiary/aromatic N) is 1. The van der Waals surface area contributed by atoms with Crippen LogP contribution in [-0.4, -0.2) is 34.9 Å². The number of rotatable bonds is 5. The summed E-state index contributed by atoms with van der Waals surface area (Å²) < 4.78 is 0. The van der Waals surface area contributed by atoms with Crippen molar-refractivity contribution in [1.82, 2.24) is 10.2 Å². The fraction of sp³-hybridized carbons (Fsp3) is 0.591. The van der Waals surface area contributed by atoms with Gasteiger partial charge in [0.25, 0.3) is 5.91 Å². The second-order valence-corrected chi connectivity index (χ2v) is 8.35. The van der Waals surface area contributed by atoms with Gasteiger partial charge in [-0.05, 0) is 56.0 Å². The van der Waals surface area contributed by atoms with Gasteiger partial charge in [0.15, 0.2) is 5.11 Å². The van der Waals surface area contributed by atoms with Crippen molar-refractivity contribution in [2.75, 3.05) is 18.4 Å². The van der Waals surface area contributed by atoms with Crippen LogP contribution in [0.5, 0.6) is 0 Å². The van der Waals surface area contributed by atoms with Crippen LogP contribution in [-0.2, 0) is 4.79 Å². The van der Waals surface area contributed by atoms with Crippen LogP contribution in [0.25, 0.3) is 0 Å². The summed E-state index contributed by atoms with van der Waals surface area (Å²) in [6.45, 7) is 1.60. The molecule has 0 bridgehead atoms. The molecule has 1 saturated carbocycles. The fourth-order valence-corrected chi connectivity index (χ4v) is 4.42. The molecule has 1 aromatic rings. The first-order valence-corrected chi connectivity index (χ1v) is 11.0. The summed E-state index contributed by atoms with van der Waals surface area (Å²) in [6, 6.07) is 7.36. The maximum absolute atomic E-state index is 12.9. The summed E-state index contributed by atoms with van der Waals surface area (Å²) in [5.41, 5.74) is 1.25. The largest absolute Gasteiger partial charge is 0.339 e. The number of piperidine rings is 1. The molecule has 1 aliphatic carbocycles. The van der Waals surface area contributed by atoms with Gasteiger partial charge in [0.05, 0.1) is 11.3 Å². The maximum atomic E-state index is 12.9. The zero-order valence-electron chi connectivity index (χ0n) is 16.5. The van der Waals surface area contributed by atoms with E-state index >= 15 is 0 Å². The highest BCUT2D eigenvalue weighted by Gasteiger charge is 2.21. The van der Waals surface area contributed by atoms with Gasteiger partial charge in [-0.25, -0.2) is 0 Å². The van der Waals surface area contributed by atoms with Crippen LogP contribution in [0.4, 0.5) is 5.69 Å². The highest BCUT2D eigenvalue weighted by atomic mass is 32.1. The van der Waals surface area contributed by atoms with Gasteiger partial charge in [-0.3, -0.25) is 9.59 Å². The third kappa shape index (κ3) is 6.03. The molecule has 0 aromatic heterocycles. The molecule has 2 aliphatic rings. The number of likely N-dealkylation sites (tertiary alicyclic amines) is 1. The molecule has 0 atom stereocenters. The summed E-state index contributed by atoms with van der Waals surface area (Å²) in [6.07, 6.45) is 11.1. The molecule has 1 saturated heterocycles. The number of carbonyl (C=O) groups excluding carboxylic acids is 2. The second-order valence-electron chi connectivity index (χ2n) is 7.94. The van der Waals surface area contributed by atoms with Crippen molar-refractivity contribution >= 4 is 34.8 Å². The predicted molar refractivity (Wildman–Crippen MR) is 116 cm³/mol. The summed E-state index contributed by atoms with van der Waals surface area (Å²) in [5, 5.41) is 6.08. The molecule has 0 spiro atoms. The lowest BCUT2D eigenvalue weighted by molar-refractivity contribution is -0.120. The van der Waals surface area contributed by atoms with Crippen LogP contribution in [0.3, 0.4) is 0 Å². The summed E-state index contributed by atoms with van der Waals surface area (Å²) in [4.78, 5) is 27.0. The third-order valence-electron chi connectivity index (χ3n) is 5.81. The smallest absolute Gasteiger partial charge is 0.255 e. The van der Waals surface area contributed by atoms with Crippen LogP contribution in [0, 0.1) is 5.92 Å². The van der Waals surface area contributed by atoms with Crippen LogP contribution < -0.4 is 10.6 Å². The zero-order valence-corrected chi connectivity index (χ0v) is 17.4. The van der Waals surface area contributed by atoms with Gasteiger partial charge in [-0.2, -0.15) is 0 Å². The van der Waals surface area contributed by atoms with E-state index in [4.69, 9.17) is 12.2 Å². The number of nitrogens with one attached hydrogen (secondary N) is 2. The molecule has 2 N–H and O–H groups in total. The van der Waals surface area contributed by atoms with Gasteiger partial charge in [0.1, 0.15) is 0 Å². The van der Waals surface area contributed by atoms with Crippen LogP contribution in [0.15, 0.2) is 24.3 Å². The van der Waals surface area contributed by atoms with Gasteiger partial charge in [0, 0.05) is 19.5 Å². The van der Waals surface area contributed by atoms with Crippen LogP contribution in [0.1, 0.15) is 74.6 Å². The zero-order chi connectivity index (χ0) is 19.8. The van der Waals surface area contributed by atoms with Crippen molar-refractivity contribution in [3.05, 3.63) is 29.8 Å². The minimum absolute atomic E-state index is 0.0224. The molecule has 1 aliphatic heterocycles. The van der Waals surface area contributed by atoms with Gasteiger partial charge in [-0.15, -0.1) is 0 Å². The Kier molecular flexibility index (Phi) is 7.83. The molecule has 2 amide bonds. The number of thiocarbonyl (C=S) groups is 1. The maximum Gasteiger partial charge on any atom is 0.255 e. The minimum Gasteiger partial charge on any atom is -0.339 e. The minimum atomic E-state index is -0.0529. The van der Waals surface area contributed by atoms with Crippen molar-refractivity contribution in [3.63, 3.8) is 0 Å². The van der Waals surface area contributed by atoms with Crippen molar-refractivity contribution < 1.29 is 9.59 Å². The van der Waals surface area contributed by atoms with Crippen molar-refractivity contribution in [3.8, 4) is 0 Å². The van der Waals surface area contributed by atoms with Gasteiger partial charge in [-0.1, -0.05) is 44.2 Å². The summed E-state index contributed by atoms with van der Waals surface area (Å²) in [5.74, 6) is 0.640. The molecule has 28 heavy (non-hydrogen) atoms. The first kappa shape index (κ1) is 20.8. The quantitative estimate of drug-likeness (QED) is 0.714. The standard InChI is InChI=1S/C22H31N3O2S/c26-20(14-13-17-9-3-1-4-10-17)24-22(28)23-19-12-6-5-11-18(19)21(27)25-15-7-2-8-16-25/h5-6,11-12,17H,1-4,7-10,13-16H2,(H2,23,24,26,28). The van der Waals surface area contributed by atoms with Crippen LogP contribution in [0.2, 0.25) is 0 Å². The summed E-state index contributed by atoms with van der Waals surface area (Å²) >= 11 is 5.32. The first-order valence-electron chi connectivity index (χ1n) is 10.6. The number of hydrogen-bond donors (Lipinski definition) is 2. The fourth-order valence-electron chi connectivity index (χ4n) is 4.20. The highest BCUT2D eigenvalue weighted by molar-refractivity contribution is 7.80. The first-order chi connectivity index (χ1) is 13.6. The summed E-state index contributed by atoms with van der Waals surface area (Å²) in [7, 11) is 0. The Hall–Kier alpha value is -1.95. The van der Waals surface area contributed by atoms with E-state index in [2.05, 4.69) is 10.6 Å². The number of carbonyl (C=O) groups is 2. The number of hydrogen-bond acceptors (Lipinski definition) is 3. The van der Waals surface area contributed by atoms with E-state index in [1.807, 2.05) is 29.2 Å². The monoisotopic (exact) mass is 401 g/mol. The van der Waals surface area contributed by atoms with Crippen molar-refractivity contribution in [2.45, 2.75) is 64.2 Å². The van der Waals surface area contributed by atoms with E-state index in [1.165, 1.54) is 38.5 Å². The van der Waals surface area contributed by atoms with E-state index in [-0.39, 0.29) is 16.9 Å². The number of anilines is 1. The van der Waals surface area contributed by atoms with Crippen LogP contribution >= 0.6 is 12.2 Å². The topological polar surface area (TPSA) is 61.4 Å². The molecule has 1 aromatic carbocycles. The lowest BCUT2D eigenvalue weighted by atomic mass is 9.86. The molecule has 6 heteroatoms. The van der Waals surface area contributed by atoms with E-state index in [1.54, 1.807) is 0 Å². The predicted octanol–water partition coefficient (Wildman–Crippen LogP) is 4.49. The highest BCUT2D eigenvalue weighted by Crippen LogP contribution is 2.27. The molecule has 5 nitrogen and oxygen atoms in total. The molecule has 2 fully saturated rings. The number of para-hydroxylation sites is 1. The van der Waals surface area contributed by atoms with E-state index < -0.39 is 0 Å². The molecule has 0 radical (unpaired) electrons. The third-order valence-corrected chi connectivity index (χ3v) is 6.01. The number of amides is 2. The SMILES string of the molecule is O=C(CCC1CCCCC1)NC(=S)Nc1ccccc1C(=O)N1CCCCC1. The second kappa shape index (κ2) is 10.6. The van der Waals surface area contributed by atoms with E-state index in [9.17, 15) is 9.59 Å². The van der Waals surface area contributed by atoms with Gasteiger partial charge in [0.2, 0.25) is 5.91 Å².